The third-order valence-electron chi connectivity index (χ3n) is 10.7. The zero-order valence-electron chi connectivity index (χ0n) is 25.8. The van der Waals surface area contributed by atoms with E-state index in [4.69, 9.17) is 0 Å². The van der Waals surface area contributed by atoms with Crippen molar-refractivity contribution in [2.24, 2.45) is 0 Å². The lowest BCUT2D eigenvalue weighted by atomic mass is 9.97. The van der Waals surface area contributed by atoms with Gasteiger partial charge in [0.1, 0.15) is 0 Å². The van der Waals surface area contributed by atoms with Crippen LogP contribution in [-0.4, -0.2) is 9.13 Å². The Kier molecular flexibility index (Phi) is 5.18. The molecule has 0 fully saturated rings. The molecule has 0 radical (unpaired) electrons. The maximum absolute atomic E-state index is 2.52. The van der Waals surface area contributed by atoms with Crippen molar-refractivity contribution in [3.63, 3.8) is 0 Å². The van der Waals surface area contributed by atoms with E-state index in [-0.39, 0.29) is 0 Å². The van der Waals surface area contributed by atoms with Gasteiger partial charge in [-0.15, -0.1) is 0 Å². The van der Waals surface area contributed by atoms with Gasteiger partial charge < -0.3 is 9.13 Å². The van der Waals surface area contributed by atoms with Gasteiger partial charge >= 0.3 is 0 Å². The average Bonchev–Trinajstić information content (AvgIpc) is 3.80. The maximum Gasteiger partial charge on any atom is 0.0497 e. The molecule has 0 unspecified atom stereocenters. The Hall–Kier alpha value is -5.08. The summed E-state index contributed by atoms with van der Waals surface area (Å²) in [6.07, 6.45) is 2.99. The van der Waals surface area contributed by atoms with E-state index in [0.29, 0.717) is 0 Å². The van der Waals surface area contributed by atoms with E-state index in [1.165, 1.54) is 99.2 Å². The molecule has 2 heterocycles. The van der Waals surface area contributed by atoms with Gasteiger partial charge in [-0.05, 0) is 113 Å². The third-order valence-corrected chi connectivity index (χ3v) is 10.7. The molecule has 2 aliphatic rings. The number of rotatable bonds is 4. The molecule has 2 heteroatoms. The molecule has 6 aromatic carbocycles. The molecule has 2 aliphatic carbocycles. The van der Waals surface area contributed by atoms with Crippen LogP contribution in [0.25, 0.3) is 65.9 Å². The quantitative estimate of drug-likeness (QED) is 0.197. The highest BCUT2D eigenvalue weighted by Gasteiger charge is 2.25. The molecule has 8 aromatic rings. The Morgan fingerprint density at radius 2 is 0.933 bits per heavy atom. The Morgan fingerprint density at radius 1 is 0.467 bits per heavy atom. The lowest BCUT2D eigenvalue weighted by Gasteiger charge is -2.08. The predicted octanol–water partition coefficient (Wildman–Crippen LogP) is 10.7. The van der Waals surface area contributed by atoms with Gasteiger partial charge in [0.2, 0.25) is 0 Å². The molecule has 216 valence electrons. The highest BCUT2D eigenvalue weighted by Crippen LogP contribution is 2.46. The fraction of sp³-hybridized carbons (Fsp3) is 0.163. The van der Waals surface area contributed by atoms with E-state index in [1.807, 2.05) is 0 Å². The molecule has 0 saturated heterocycles. The normalized spacial score (nSPS) is 13.2. The summed E-state index contributed by atoms with van der Waals surface area (Å²) in [4.78, 5) is 0. The molecule has 0 atom stereocenters. The Morgan fingerprint density at radius 3 is 1.40 bits per heavy atom. The van der Waals surface area contributed by atoms with Crippen molar-refractivity contribution in [1.82, 2.24) is 9.13 Å². The van der Waals surface area contributed by atoms with Gasteiger partial charge in [0.05, 0.1) is 0 Å². The lowest BCUT2D eigenvalue weighted by molar-refractivity contribution is 0.826. The van der Waals surface area contributed by atoms with Gasteiger partial charge in [-0.3, -0.25) is 0 Å². The summed E-state index contributed by atoms with van der Waals surface area (Å²) in [5.41, 5.74) is 19.6. The van der Waals surface area contributed by atoms with Crippen LogP contribution in [0.4, 0.5) is 0 Å². The Labute approximate surface area is 263 Å². The molecule has 0 bridgehead atoms. The van der Waals surface area contributed by atoms with Crippen molar-refractivity contribution in [1.29, 1.82) is 0 Å². The highest BCUT2D eigenvalue weighted by molar-refractivity contribution is 6.18. The van der Waals surface area contributed by atoms with Gasteiger partial charge in [0, 0.05) is 56.7 Å². The first kappa shape index (κ1) is 25.3. The molecule has 0 amide bonds. The van der Waals surface area contributed by atoms with Crippen LogP contribution in [0, 0.1) is 0 Å². The van der Waals surface area contributed by atoms with Crippen LogP contribution < -0.4 is 0 Å². The number of nitrogens with zero attached hydrogens (tertiary/aromatic N) is 2. The van der Waals surface area contributed by atoms with Crippen molar-refractivity contribution < 1.29 is 0 Å². The second kappa shape index (κ2) is 9.22. The summed E-state index contributed by atoms with van der Waals surface area (Å²) in [7, 11) is 0. The fourth-order valence-corrected chi connectivity index (χ4v) is 8.84. The minimum absolute atomic E-state index is 0.921. The van der Waals surface area contributed by atoms with Crippen LogP contribution in [0.2, 0.25) is 0 Å². The monoisotopic (exact) mass is 578 g/mol. The molecule has 0 aliphatic heterocycles. The summed E-state index contributed by atoms with van der Waals surface area (Å²) in [5.74, 6) is 0. The lowest BCUT2D eigenvalue weighted by Crippen LogP contribution is -1.96. The molecule has 2 nitrogen and oxygen atoms in total. The Bertz CT molecular complexity index is 2360. The topological polar surface area (TPSA) is 9.86 Å². The summed E-state index contributed by atoms with van der Waals surface area (Å²) < 4.78 is 5.04. The Balaban J connectivity index is 1.11. The average molecular weight is 579 g/mol. The zero-order valence-corrected chi connectivity index (χ0v) is 25.8. The molecule has 0 saturated carbocycles. The number of fused-ring (bicyclic) bond motifs is 14. The smallest absolute Gasteiger partial charge is 0.0497 e. The second-order valence-corrected chi connectivity index (χ2v) is 13.0. The van der Waals surface area contributed by atoms with E-state index >= 15 is 0 Å². The molecular formula is C43H34N2. The second-order valence-electron chi connectivity index (χ2n) is 13.0. The number of aromatic nitrogens is 2. The zero-order chi connectivity index (χ0) is 29.8. The number of hydrogen-bond acceptors (Lipinski definition) is 0. The predicted molar refractivity (Wildman–Crippen MR) is 190 cm³/mol. The van der Waals surface area contributed by atoms with Gasteiger partial charge in [-0.1, -0.05) is 84.9 Å². The van der Waals surface area contributed by atoms with Crippen LogP contribution in [0.5, 0.6) is 0 Å². The fourth-order valence-electron chi connectivity index (χ4n) is 8.84. The van der Waals surface area contributed by atoms with E-state index in [9.17, 15) is 0 Å². The molecule has 45 heavy (non-hydrogen) atoms. The minimum Gasteiger partial charge on any atom is -0.341 e. The van der Waals surface area contributed by atoms with Crippen LogP contribution in [0.15, 0.2) is 109 Å². The summed E-state index contributed by atoms with van der Waals surface area (Å²) >= 11 is 0. The van der Waals surface area contributed by atoms with Crippen molar-refractivity contribution in [3.8, 4) is 22.3 Å². The SMILES string of the molecule is CCn1c2cc(Cc3ccc4c5c6c(ccc5n(CC)c4c3)Cc3ccccc3-6)ccc2c2c3c(ccc21)Cc1ccccc1-3. The first-order chi connectivity index (χ1) is 22.2. The van der Waals surface area contributed by atoms with Crippen LogP contribution in [0.3, 0.4) is 0 Å². The molecule has 0 N–H and O–H groups in total. The van der Waals surface area contributed by atoms with Crippen molar-refractivity contribution in [2.45, 2.75) is 46.2 Å². The van der Waals surface area contributed by atoms with Gasteiger partial charge in [-0.2, -0.15) is 0 Å². The van der Waals surface area contributed by atoms with Crippen LogP contribution in [-0.2, 0) is 32.4 Å². The van der Waals surface area contributed by atoms with Crippen LogP contribution in [0.1, 0.15) is 47.2 Å². The van der Waals surface area contributed by atoms with Crippen molar-refractivity contribution >= 4 is 43.6 Å². The van der Waals surface area contributed by atoms with E-state index in [2.05, 4.69) is 132 Å². The summed E-state index contributed by atoms with van der Waals surface area (Å²) in [6.45, 7) is 6.47. The third kappa shape index (κ3) is 3.40. The van der Waals surface area contributed by atoms with E-state index in [1.54, 1.807) is 0 Å². The molecule has 2 aromatic heterocycles. The van der Waals surface area contributed by atoms with E-state index < -0.39 is 0 Å². The molecule has 10 rings (SSSR count). The van der Waals surface area contributed by atoms with Crippen molar-refractivity contribution in [3.05, 3.63) is 143 Å². The van der Waals surface area contributed by atoms with Gasteiger partial charge in [0.25, 0.3) is 0 Å². The maximum atomic E-state index is 2.52. The number of hydrogen-bond donors (Lipinski definition) is 0. The molecular weight excluding hydrogens is 544 g/mol. The molecule has 0 spiro atoms. The van der Waals surface area contributed by atoms with Gasteiger partial charge in [0.15, 0.2) is 0 Å². The first-order valence-corrected chi connectivity index (χ1v) is 16.5. The van der Waals surface area contributed by atoms with Crippen LogP contribution >= 0.6 is 0 Å². The highest BCUT2D eigenvalue weighted by atomic mass is 15.0. The minimum atomic E-state index is 0.921. The number of aryl methyl sites for hydroxylation is 2. The summed E-state index contributed by atoms with van der Waals surface area (Å²) in [6, 6.07) is 41.8. The van der Waals surface area contributed by atoms with E-state index in [0.717, 1.165) is 32.4 Å². The van der Waals surface area contributed by atoms with Gasteiger partial charge in [-0.25, -0.2) is 0 Å². The standard InChI is InChI=1S/C43H34N2/c1-3-44-36-19-15-30-24-28-9-5-7-11-32(28)40(30)42(36)34-17-13-26(22-38(34)44)21-27-14-18-35-39(23-27)45(4-2)37-20-16-31-25-29-10-6-8-12-33(29)41(31)43(35)37/h5-20,22-23H,3-4,21,24-25H2,1-2H3. The summed E-state index contributed by atoms with van der Waals surface area (Å²) in [5, 5.41) is 5.59. The largest absolute Gasteiger partial charge is 0.341 e. The van der Waals surface area contributed by atoms with Crippen molar-refractivity contribution in [2.75, 3.05) is 0 Å². The number of benzene rings is 6. The first-order valence-electron chi connectivity index (χ1n) is 16.5.